The quantitative estimate of drug-likeness (QED) is 0.123. The van der Waals surface area contributed by atoms with E-state index in [2.05, 4.69) is 10.6 Å². The molecule has 1 unspecified atom stereocenters. The zero-order valence-electron chi connectivity index (χ0n) is 18.0. The fraction of sp³-hybridized carbons (Fsp3) is 0.211. The van der Waals surface area contributed by atoms with Gasteiger partial charge in [-0.3, -0.25) is 25.6 Å². The van der Waals surface area contributed by atoms with Gasteiger partial charge in [0.1, 0.15) is 10.5 Å². The highest BCUT2D eigenvalue weighted by atomic mass is 35.5. The molecule has 1 aromatic carbocycles. The van der Waals surface area contributed by atoms with Crippen molar-refractivity contribution >= 4 is 34.1 Å². The lowest BCUT2D eigenvalue weighted by atomic mass is 10.2. The maximum atomic E-state index is 12.9. The molecule has 3 rings (SSSR count). The Morgan fingerprint density at radius 2 is 1.79 bits per heavy atom. The van der Waals surface area contributed by atoms with Crippen LogP contribution in [0.1, 0.15) is 21.7 Å². The topological polar surface area (TPSA) is 164 Å². The number of benzene rings is 1. The van der Waals surface area contributed by atoms with Gasteiger partial charge in [0.05, 0.1) is 32.4 Å². The van der Waals surface area contributed by atoms with Crippen LogP contribution in [0.5, 0.6) is 5.75 Å². The predicted molar refractivity (Wildman–Crippen MR) is 111 cm³/mol. The molecule has 13 nitrogen and oxygen atoms in total. The lowest BCUT2D eigenvalue weighted by Crippen LogP contribution is -2.55. The van der Waals surface area contributed by atoms with Gasteiger partial charge in [0.2, 0.25) is 18.0 Å². The molecule has 2 aromatic heterocycles. The number of aromatic nitrogens is 4. The standard InChI is InChI=1S/C19H21ClN6O7S/c1-33-15-5-4-12(8-14(15)20)9-21-17-13(11-25(30)19(26(17)31)34(2)32)18(27)22-10-16-23(28)6-3-7-24(16)29/h3-8,11H,9-10H2,1-2H3,(H4-,22,27,28,29,30,31)/q+2/p+2. The Morgan fingerprint density at radius 3 is 2.38 bits per heavy atom. The van der Waals surface area contributed by atoms with Crippen molar-refractivity contribution in [1.82, 2.24) is 5.32 Å². The third-order valence-electron chi connectivity index (χ3n) is 4.66. The largest absolute Gasteiger partial charge is 0.608 e. The molecule has 15 heteroatoms. The van der Waals surface area contributed by atoms with Crippen molar-refractivity contribution in [2.24, 2.45) is 0 Å². The van der Waals surface area contributed by atoms with Crippen molar-refractivity contribution in [3.63, 3.8) is 0 Å². The van der Waals surface area contributed by atoms with Gasteiger partial charge in [-0.25, -0.2) is 4.21 Å². The van der Waals surface area contributed by atoms with Gasteiger partial charge in [0.15, 0.2) is 17.3 Å². The van der Waals surface area contributed by atoms with E-state index in [-0.39, 0.29) is 30.3 Å². The first kappa shape index (κ1) is 24.7. The Balaban J connectivity index is 1.93. The van der Waals surface area contributed by atoms with Crippen LogP contribution in [0.4, 0.5) is 5.82 Å². The number of halogens is 1. The highest BCUT2D eigenvalue weighted by Crippen LogP contribution is 2.25. The summed E-state index contributed by atoms with van der Waals surface area (Å²) in [4.78, 5) is 12.9. The Kier molecular flexibility index (Phi) is 7.53. The minimum Gasteiger partial charge on any atom is -0.495 e. The van der Waals surface area contributed by atoms with E-state index in [1.54, 1.807) is 18.2 Å². The molecule has 0 radical (unpaired) electrons. The maximum absolute atomic E-state index is 12.9. The normalized spacial score (nSPS) is 11.6. The first-order valence-corrected chi connectivity index (χ1v) is 11.5. The van der Waals surface area contributed by atoms with Crippen LogP contribution < -0.4 is 34.3 Å². The number of rotatable bonds is 8. The van der Waals surface area contributed by atoms with Gasteiger partial charge in [-0.05, 0) is 17.7 Å². The second-order valence-corrected chi connectivity index (χ2v) is 8.57. The van der Waals surface area contributed by atoms with E-state index in [0.29, 0.717) is 35.3 Å². The number of carbonyl (C=O) groups is 1. The van der Waals surface area contributed by atoms with E-state index in [4.69, 9.17) is 16.3 Å². The van der Waals surface area contributed by atoms with Crippen molar-refractivity contribution in [2.45, 2.75) is 18.2 Å². The van der Waals surface area contributed by atoms with E-state index >= 15 is 0 Å². The average Bonchev–Trinajstić information content (AvgIpc) is 2.77. The average molecular weight is 515 g/mol. The van der Waals surface area contributed by atoms with Crippen molar-refractivity contribution in [1.29, 1.82) is 0 Å². The molecule has 0 spiro atoms. The smallest absolute Gasteiger partial charge is 0.495 e. The van der Waals surface area contributed by atoms with Gasteiger partial charge >= 0.3 is 16.8 Å². The van der Waals surface area contributed by atoms with Crippen LogP contribution in [0.25, 0.3) is 0 Å². The maximum Gasteiger partial charge on any atom is 0.608 e. The molecule has 1 atom stereocenters. The second kappa shape index (κ2) is 10.4. The Bertz CT molecular complexity index is 1260. The number of nitrogens with one attached hydrogen (secondary N) is 2. The van der Waals surface area contributed by atoms with Crippen molar-refractivity contribution in [3.05, 3.63) is 64.8 Å². The number of methoxy groups -OCH3 is 1. The molecule has 0 bridgehead atoms. The summed E-state index contributed by atoms with van der Waals surface area (Å²) in [5, 5.41) is 45.7. The minimum atomic E-state index is -1.84. The molecule has 0 aliphatic heterocycles. The second-order valence-electron chi connectivity index (χ2n) is 6.89. The van der Waals surface area contributed by atoms with Crippen LogP contribution in [0, 0.1) is 0 Å². The summed E-state index contributed by atoms with van der Waals surface area (Å²) in [6.07, 6.45) is 4.69. The van der Waals surface area contributed by atoms with E-state index in [1.165, 1.54) is 31.8 Å². The van der Waals surface area contributed by atoms with Crippen LogP contribution >= 0.6 is 11.6 Å². The molecule has 180 valence electrons. The third-order valence-corrected chi connectivity index (χ3v) is 5.83. The fourth-order valence-electron chi connectivity index (χ4n) is 3.04. The molecule has 0 saturated heterocycles. The first-order valence-electron chi connectivity index (χ1n) is 9.58. The van der Waals surface area contributed by atoms with Crippen LogP contribution in [0.2, 0.25) is 5.02 Å². The first-order chi connectivity index (χ1) is 16.1. The van der Waals surface area contributed by atoms with Crippen molar-refractivity contribution in [2.75, 3.05) is 18.7 Å². The molecule has 0 saturated carbocycles. The summed E-state index contributed by atoms with van der Waals surface area (Å²) in [7, 11) is -0.358. The van der Waals surface area contributed by atoms with Crippen molar-refractivity contribution < 1.29 is 53.5 Å². The molecule has 3 aromatic rings. The van der Waals surface area contributed by atoms with Gasteiger partial charge in [-0.1, -0.05) is 17.7 Å². The Labute approximate surface area is 200 Å². The highest BCUT2D eigenvalue weighted by Gasteiger charge is 2.40. The van der Waals surface area contributed by atoms with Gasteiger partial charge < -0.3 is 15.4 Å². The number of hydrogen-bond donors (Lipinski definition) is 6. The third kappa shape index (κ3) is 5.18. The van der Waals surface area contributed by atoms with Crippen LogP contribution in [-0.2, 0) is 23.9 Å². The molecule has 2 heterocycles. The molecular formula is C19H23ClN6O7S+4. The van der Waals surface area contributed by atoms with Crippen LogP contribution in [-0.4, -0.2) is 44.3 Å². The number of amides is 1. The van der Waals surface area contributed by atoms with E-state index < -0.39 is 21.9 Å². The molecule has 6 N–H and O–H groups in total. The number of nitrogens with zero attached hydrogens (tertiary/aromatic N) is 4. The Morgan fingerprint density at radius 1 is 1.12 bits per heavy atom. The summed E-state index contributed by atoms with van der Waals surface area (Å²) < 4.78 is 19.1. The van der Waals surface area contributed by atoms with E-state index in [9.17, 15) is 29.8 Å². The van der Waals surface area contributed by atoms with Crippen molar-refractivity contribution in [3.8, 4) is 5.75 Å². The lowest BCUT2D eigenvalue weighted by Gasteiger charge is -2.08. The monoisotopic (exact) mass is 514 g/mol. The molecular weight excluding hydrogens is 492 g/mol. The number of hydrogen-bond acceptors (Lipinski definition) is 8. The van der Waals surface area contributed by atoms with Gasteiger partial charge in [0, 0.05) is 12.8 Å². The molecule has 0 fully saturated rings. The van der Waals surface area contributed by atoms with E-state index in [1.807, 2.05) is 0 Å². The number of ether oxygens (including phenoxy) is 1. The zero-order valence-corrected chi connectivity index (χ0v) is 19.6. The summed E-state index contributed by atoms with van der Waals surface area (Å²) in [6.45, 7) is -0.236. The van der Waals surface area contributed by atoms with Crippen LogP contribution in [0.3, 0.4) is 0 Å². The summed E-state index contributed by atoms with van der Waals surface area (Å²) in [6, 6.07) is 6.35. The van der Waals surface area contributed by atoms with E-state index in [0.717, 1.165) is 6.20 Å². The van der Waals surface area contributed by atoms with Gasteiger partial charge in [-0.15, -0.1) is 0 Å². The fourth-order valence-corrected chi connectivity index (χ4v) is 3.97. The molecule has 1 amide bonds. The zero-order chi connectivity index (χ0) is 25.0. The Hall–Kier alpha value is -3.91. The summed E-state index contributed by atoms with van der Waals surface area (Å²) in [5.74, 6) is -0.589. The molecule has 34 heavy (non-hydrogen) atoms. The minimum absolute atomic E-state index is 0.0849. The molecule has 0 aliphatic carbocycles. The summed E-state index contributed by atoms with van der Waals surface area (Å²) in [5.41, 5.74) is 0.438. The molecule has 0 aliphatic rings. The van der Waals surface area contributed by atoms with Crippen LogP contribution in [0.15, 0.2) is 48.0 Å². The lowest BCUT2D eigenvalue weighted by molar-refractivity contribution is -1.06. The highest BCUT2D eigenvalue weighted by molar-refractivity contribution is 7.83. The SMILES string of the molecule is COc1ccc(CNc2c(C(=O)NCc3[n+](O)ccc[n+]3O)c[n+](O)c(S(C)=O)[n+]2O)cc1Cl. The van der Waals surface area contributed by atoms with Gasteiger partial charge in [0.25, 0.3) is 12.1 Å². The number of carbonyl (C=O) groups excluding carboxylic acids is 1. The predicted octanol–water partition coefficient (Wildman–Crippen LogP) is -1.27. The summed E-state index contributed by atoms with van der Waals surface area (Å²) >= 11 is 6.14. The van der Waals surface area contributed by atoms with Gasteiger partial charge in [-0.2, -0.15) is 0 Å². The number of anilines is 1.